The van der Waals surface area contributed by atoms with Crippen molar-refractivity contribution in [2.75, 3.05) is 13.1 Å². The van der Waals surface area contributed by atoms with E-state index in [9.17, 15) is 13.2 Å². The molecule has 2 aromatic rings. The van der Waals surface area contributed by atoms with Gasteiger partial charge in [-0.2, -0.15) is 9.40 Å². The first kappa shape index (κ1) is 20.1. The molecule has 1 fully saturated rings. The summed E-state index contributed by atoms with van der Waals surface area (Å²) in [6.45, 7) is 6.37. The second kappa shape index (κ2) is 7.41. The highest BCUT2D eigenvalue weighted by atomic mass is 35.5. The standard InChI is InChI=1S/C18H25ClN4O3S/c1-12(2)23-17(20-21(4)18(23)24)14-6-5-9-22(11-14)27(25,26)16-10-15(19)8-7-13(16)3/h7-8,10,12,14H,5-6,9,11H2,1-4H3. The Labute approximate surface area is 164 Å². The molecule has 7 nitrogen and oxygen atoms in total. The molecule has 2 heterocycles. The fourth-order valence-corrected chi connectivity index (χ4v) is 5.64. The molecule has 1 aromatic heterocycles. The largest absolute Gasteiger partial charge is 0.345 e. The number of nitrogens with zero attached hydrogens (tertiary/aromatic N) is 4. The highest BCUT2D eigenvalue weighted by Gasteiger charge is 2.34. The van der Waals surface area contributed by atoms with Crippen LogP contribution in [0.2, 0.25) is 5.02 Å². The molecule has 27 heavy (non-hydrogen) atoms. The van der Waals surface area contributed by atoms with E-state index in [0.29, 0.717) is 35.9 Å². The summed E-state index contributed by atoms with van der Waals surface area (Å²) in [6, 6.07) is 4.86. The van der Waals surface area contributed by atoms with E-state index in [1.807, 2.05) is 13.8 Å². The number of hydrogen-bond acceptors (Lipinski definition) is 4. The first-order chi connectivity index (χ1) is 12.6. The molecular weight excluding hydrogens is 388 g/mol. The van der Waals surface area contributed by atoms with Crippen LogP contribution in [0.5, 0.6) is 0 Å². The maximum Gasteiger partial charge on any atom is 0.345 e. The van der Waals surface area contributed by atoms with Gasteiger partial charge in [-0.3, -0.25) is 4.57 Å². The van der Waals surface area contributed by atoms with Crippen LogP contribution in [0.4, 0.5) is 0 Å². The lowest BCUT2D eigenvalue weighted by atomic mass is 9.98. The molecule has 0 bridgehead atoms. The van der Waals surface area contributed by atoms with Crippen molar-refractivity contribution in [1.29, 1.82) is 0 Å². The average Bonchev–Trinajstić information content (AvgIpc) is 2.92. The third-order valence-electron chi connectivity index (χ3n) is 5.02. The topological polar surface area (TPSA) is 77.2 Å². The summed E-state index contributed by atoms with van der Waals surface area (Å²) in [5.41, 5.74) is 0.490. The van der Waals surface area contributed by atoms with Crippen LogP contribution >= 0.6 is 11.6 Å². The number of benzene rings is 1. The molecule has 1 saturated heterocycles. The van der Waals surface area contributed by atoms with E-state index in [2.05, 4.69) is 5.10 Å². The first-order valence-corrected chi connectivity index (χ1v) is 10.9. The second-order valence-electron chi connectivity index (χ2n) is 7.34. The Morgan fingerprint density at radius 1 is 1.30 bits per heavy atom. The molecule has 148 valence electrons. The zero-order chi connectivity index (χ0) is 19.9. The molecule has 1 aromatic carbocycles. The molecule has 0 spiro atoms. The monoisotopic (exact) mass is 412 g/mol. The molecule has 1 atom stereocenters. The Balaban J connectivity index is 1.97. The van der Waals surface area contributed by atoms with Gasteiger partial charge in [-0.05, 0) is 51.3 Å². The van der Waals surface area contributed by atoms with Crippen LogP contribution in [0.15, 0.2) is 27.9 Å². The first-order valence-electron chi connectivity index (χ1n) is 9.04. The van der Waals surface area contributed by atoms with Gasteiger partial charge in [0, 0.05) is 37.1 Å². The van der Waals surface area contributed by atoms with Crippen LogP contribution in [0, 0.1) is 6.92 Å². The Kier molecular flexibility index (Phi) is 5.52. The van der Waals surface area contributed by atoms with Gasteiger partial charge in [-0.15, -0.1) is 0 Å². The molecule has 1 unspecified atom stereocenters. The van der Waals surface area contributed by atoms with Crippen molar-refractivity contribution in [2.24, 2.45) is 7.05 Å². The fourth-order valence-electron chi connectivity index (χ4n) is 3.62. The SMILES string of the molecule is Cc1ccc(Cl)cc1S(=O)(=O)N1CCCC(c2nn(C)c(=O)n2C(C)C)C1. The van der Waals surface area contributed by atoms with Gasteiger partial charge in [0.2, 0.25) is 10.0 Å². The third-order valence-corrected chi connectivity index (χ3v) is 7.26. The van der Waals surface area contributed by atoms with Crippen LogP contribution in [0.3, 0.4) is 0 Å². The van der Waals surface area contributed by atoms with Gasteiger partial charge >= 0.3 is 5.69 Å². The van der Waals surface area contributed by atoms with E-state index >= 15 is 0 Å². The minimum atomic E-state index is -3.67. The van der Waals surface area contributed by atoms with Crippen LogP contribution in [0.1, 0.15) is 50.0 Å². The van der Waals surface area contributed by atoms with Gasteiger partial charge in [-0.1, -0.05) is 17.7 Å². The Hall–Kier alpha value is -1.64. The molecular formula is C18H25ClN4O3S. The summed E-state index contributed by atoms with van der Waals surface area (Å²) in [5, 5.41) is 4.80. The van der Waals surface area contributed by atoms with E-state index < -0.39 is 10.0 Å². The lowest BCUT2D eigenvalue weighted by Crippen LogP contribution is -2.40. The van der Waals surface area contributed by atoms with Gasteiger partial charge in [0.1, 0.15) is 5.82 Å². The number of rotatable bonds is 4. The van der Waals surface area contributed by atoms with Crippen molar-refractivity contribution in [2.45, 2.75) is 50.5 Å². The van der Waals surface area contributed by atoms with Gasteiger partial charge < -0.3 is 0 Å². The normalized spacial score (nSPS) is 19.0. The second-order valence-corrected chi connectivity index (χ2v) is 9.68. The third kappa shape index (κ3) is 3.70. The maximum atomic E-state index is 13.2. The van der Waals surface area contributed by atoms with E-state index in [-0.39, 0.29) is 22.5 Å². The highest BCUT2D eigenvalue weighted by molar-refractivity contribution is 7.89. The summed E-state index contributed by atoms with van der Waals surface area (Å²) in [7, 11) is -2.04. The predicted octanol–water partition coefficient (Wildman–Crippen LogP) is 2.69. The fraction of sp³-hybridized carbons (Fsp3) is 0.556. The molecule has 0 amide bonds. The van der Waals surface area contributed by atoms with Crippen molar-refractivity contribution in [3.63, 3.8) is 0 Å². The van der Waals surface area contributed by atoms with Crippen molar-refractivity contribution < 1.29 is 8.42 Å². The molecule has 0 aliphatic carbocycles. The zero-order valence-electron chi connectivity index (χ0n) is 16.0. The van der Waals surface area contributed by atoms with Crippen LogP contribution in [-0.2, 0) is 17.1 Å². The summed E-state index contributed by atoms with van der Waals surface area (Å²) in [4.78, 5) is 12.6. The molecule has 0 N–H and O–H groups in total. The van der Waals surface area contributed by atoms with E-state index in [1.54, 1.807) is 30.7 Å². The van der Waals surface area contributed by atoms with Crippen LogP contribution in [-0.4, -0.2) is 40.2 Å². The molecule has 0 saturated carbocycles. The summed E-state index contributed by atoms with van der Waals surface area (Å²) in [5.74, 6) is 0.532. The molecule has 1 aliphatic heterocycles. The predicted molar refractivity (Wildman–Crippen MR) is 105 cm³/mol. The van der Waals surface area contributed by atoms with E-state index in [0.717, 1.165) is 6.42 Å². The number of piperidine rings is 1. The highest BCUT2D eigenvalue weighted by Crippen LogP contribution is 2.31. The van der Waals surface area contributed by atoms with Crippen LogP contribution < -0.4 is 5.69 Å². The number of aromatic nitrogens is 3. The minimum absolute atomic E-state index is 0.0386. The van der Waals surface area contributed by atoms with Crippen LogP contribution in [0.25, 0.3) is 0 Å². The minimum Gasteiger partial charge on any atom is -0.276 e. The maximum absolute atomic E-state index is 13.2. The average molecular weight is 413 g/mol. The Morgan fingerprint density at radius 3 is 2.67 bits per heavy atom. The smallest absolute Gasteiger partial charge is 0.276 e. The van der Waals surface area contributed by atoms with Gasteiger partial charge in [0.15, 0.2) is 0 Å². The quantitative estimate of drug-likeness (QED) is 0.773. The van der Waals surface area contributed by atoms with Crippen molar-refractivity contribution >= 4 is 21.6 Å². The Bertz CT molecular complexity index is 1010. The van der Waals surface area contributed by atoms with Gasteiger partial charge in [0.25, 0.3) is 0 Å². The lowest BCUT2D eigenvalue weighted by Gasteiger charge is -2.32. The molecule has 9 heteroatoms. The van der Waals surface area contributed by atoms with Crippen molar-refractivity contribution in [3.05, 3.63) is 45.1 Å². The number of aryl methyl sites for hydroxylation is 2. The van der Waals surface area contributed by atoms with Crippen molar-refractivity contribution in [3.8, 4) is 0 Å². The molecule has 3 rings (SSSR count). The number of halogens is 1. The number of sulfonamides is 1. The Morgan fingerprint density at radius 2 is 2.00 bits per heavy atom. The van der Waals surface area contributed by atoms with Crippen molar-refractivity contribution in [1.82, 2.24) is 18.7 Å². The lowest BCUT2D eigenvalue weighted by molar-refractivity contribution is 0.301. The molecule has 1 aliphatic rings. The summed E-state index contributed by atoms with van der Waals surface area (Å²) < 4.78 is 30.9. The number of hydrogen-bond donors (Lipinski definition) is 0. The molecule has 0 radical (unpaired) electrons. The summed E-state index contributed by atoms with van der Waals surface area (Å²) >= 11 is 6.03. The van der Waals surface area contributed by atoms with Gasteiger partial charge in [0.05, 0.1) is 4.90 Å². The van der Waals surface area contributed by atoms with E-state index in [4.69, 9.17) is 11.6 Å². The van der Waals surface area contributed by atoms with Gasteiger partial charge in [-0.25, -0.2) is 17.9 Å². The summed E-state index contributed by atoms with van der Waals surface area (Å²) in [6.07, 6.45) is 1.51. The van der Waals surface area contributed by atoms with E-state index in [1.165, 1.54) is 15.1 Å². The zero-order valence-corrected chi connectivity index (χ0v) is 17.6.